The normalized spacial score (nSPS) is 11.1. The summed E-state index contributed by atoms with van der Waals surface area (Å²) in [6.07, 6.45) is 0. The fraction of sp³-hybridized carbons (Fsp3) is 0. The van der Waals surface area contributed by atoms with Crippen molar-refractivity contribution in [3.05, 3.63) is 113 Å². The summed E-state index contributed by atoms with van der Waals surface area (Å²) >= 11 is 13.3. The summed E-state index contributed by atoms with van der Waals surface area (Å²) in [5, 5.41) is 5.94. The van der Waals surface area contributed by atoms with Crippen LogP contribution in [-0.2, 0) is 0 Å². The summed E-state index contributed by atoms with van der Waals surface area (Å²) in [5.41, 5.74) is 2.80. The number of nitrogens with zero attached hydrogens (tertiary/aromatic N) is 1. The zero-order valence-corrected chi connectivity index (χ0v) is 17.0. The average molecular weight is 414 g/mol. The van der Waals surface area contributed by atoms with E-state index in [1.807, 2.05) is 30.3 Å². The van der Waals surface area contributed by atoms with Crippen LogP contribution < -0.4 is 4.90 Å². The quantitative estimate of drug-likeness (QED) is 0.285. The Bertz CT molecular complexity index is 1240. The van der Waals surface area contributed by atoms with Crippen LogP contribution in [0.3, 0.4) is 0 Å². The fourth-order valence-electron chi connectivity index (χ4n) is 3.74. The van der Waals surface area contributed by atoms with Gasteiger partial charge in [-0.3, -0.25) is 0 Å². The first kappa shape index (κ1) is 18.1. The highest BCUT2D eigenvalue weighted by molar-refractivity contribution is 6.39. The van der Waals surface area contributed by atoms with Crippen molar-refractivity contribution in [1.29, 1.82) is 0 Å². The van der Waals surface area contributed by atoms with Crippen molar-refractivity contribution in [2.75, 3.05) is 4.90 Å². The van der Waals surface area contributed by atoms with E-state index in [0.29, 0.717) is 10.0 Å². The van der Waals surface area contributed by atoms with Crippen molar-refractivity contribution in [2.24, 2.45) is 0 Å². The molecule has 0 amide bonds. The molecule has 0 aliphatic heterocycles. The lowest BCUT2D eigenvalue weighted by molar-refractivity contribution is 1.29. The third-order valence-electron chi connectivity index (χ3n) is 5.14. The first-order valence-electron chi connectivity index (χ1n) is 9.42. The van der Waals surface area contributed by atoms with Crippen molar-refractivity contribution in [3.8, 4) is 0 Å². The molecule has 0 saturated carbocycles. The van der Waals surface area contributed by atoms with Crippen LogP contribution in [0.1, 0.15) is 0 Å². The molecule has 0 aliphatic carbocycles. The second-order valence-corrected chi connectivity index (χ2v) is 7.78. The maximum Gasteiger partial charge on any atom is 0.0835 e. The number of para-hydroxylation sites is 1. The van der Waals surface area contributed by atoms with Gasteiger partial charge in [-0.2, -0.15) is 0 Å². The number of benzene rings is 5. The van der Waals surface area contributed by atoms with Crippen LogP contribution in [0.2, 0.25) is 10.0 Å². The fourth-order valence-corrected chi connectivity index (χ4v) is 4.31. The lowest BCUT2D eigenvalue weighted by atomic mass is 10.1. The largest absolute Gasteiger partial charge is 0.308 e. The third-order valence-corrected chi connectivity index (χ3v) is 5.75. The molecule has 5 aromatic carbocycles. The lowest BCUT2D eigenvalue weighted by Gasteiger charge is -2.28. The molecule has 0 fully saturated rings. The maximum absolute atomic E-state index is 6.63. The van der Waals surface area contributed by atoms with Gasteiger partial charge in [0.25, 0.3) is 0 Å². The van der Waals surface area contributed by atoms with Gasteiger partial charge in [0.2, 0.25) is 0 Å². The Morgan fingerprint density at radius 1 is 0.448 bits per heavy atom. The van der Waals surface area contributed by atoms with Gasteiger partial charge in [-0.15, -0.1) is 0 Å². The molecule has 0 aromatic heterocycles. The molecule has 5 aromatic rings. The highest BCUT2D eigenvalue weighted by atomic mass is 35.5. The molecule has 0 heterocycles. The van der Waals surface area contributed by atoms with Gasteiger partial charge in [0, 0.05) is 11.4 Å². The Morgan fingerprint density at radius 2 is 0.897 bits per heavy atom. The first-order valence-corrected chi connectivity index (χ1v) is 10.2. The monoisotopic (exact) mass is 413 g/mol. The van der Waals surface area contributed by atoms with Gasteiger partial charge in [-0.25, -0.2) is 0 Å². The second-order valence-electron chi connectivity index (χ2n) is 6.97. The molecule has 1 nitrogen and oxygen atoms in total. The summed E-state index contributed by atoms with van der Waals surface area (Å²) in [4.78, 5) is 2.13. The molecule has 0 aliphatic rings. The van der Waals surface area contributed by atoms with E-state index in [2.05, 4.69) is 77.7 Å². The third kappa shape index (κ3) is 3.33. The van der Waals surface area contributed by atoms with Crippen LogP contribution in [0.4, 0.5) is 17.1 Å². The molecule has 0 radical (unpaired) electrons. The summed E-state index contributed by atoms with van der Waals surface area (Å²) < 4.78 is 0. The summed E-state index contributed by atoms with van der Waals surface area (Å²) in [7, 11) is 0. The molecule has 0 saturated heterocycles. The molecule has 5 rings (SSSR count). The minimum absolute atomic E-state index is 0.610. The van der Waals surface area contributed by atoms with E-state index in [0.717, 1.165) is 17.1 Å². The van der Waals surface area contributed by atoms with Gasteiger partial charge in [-0.05, 0) is 57.9 Å². The molecule has 29 heavy (non-hydrogen) atoms. The standard InChI is InChI=1S/C26H17Cl2N/c27-24-10-5-11-25(28)26(24)29(22-14-12-18-6-1-3-8-20(18)16-22)23-15-13-19-7-2-4-9-21(19)17-23/h1-17H. The second kappa shape index (κ2) is 7.44. The van der Waals surface area contributed by atoms with Gasteiger partial charge >= 0.3 is 0 Å². The van der Waals surface area contributed by atoms with E-state index < -0.39 is 0 Å². The van der Waals surface area contributed by atoms with Crippen LogP contribution in [-0.4, -0.2) is 0 Å². The molecule has 0 bridgehead atoms. The number of rotatable bonds is 3. The molecule has 0 spiro atoms. The number of halogens is 2. The van der Waals surface area contributed by atoms with E-state index in [4.69, 9.17) is 23.2 Å². The minimum atomic E-state index is 0.610. The van der Waals surface area contributed by atoms with Crippen LogP contribution in [0.25, 0.3) is 21.5 Å². The minimum Gasteiger partial charge on any atom is -0.308 e. The Morgan fingerprint density at radius 3 is 1.38 bits per heavy atom. The molecule has 0 atom stereocenters. The predicted octanol–water partition coefficient (Wildman–Crippen LogP) is 8.77. The van der Waals surface area contributed by atoms with Crippen LogP contribution in [0, 0.1) is 0 Å². The van der Waals surface area contributed by atoms with Crippen molar-refractivity contribution < 1.29 is 0 Å². The highest BCUT2D eigenvalue weighted by Gasteiger charge is 2.19. The molecular formula is C26H17Cl2N. The topological polar surface area (TPSA) is 3.24 Å². The average Bonchev–Trinajstić information content (AvgIpc) is 2.76. The van der Waals surface area contributed by atoms with Crippen LogP contribution >= 0.6 is 23.2 Å². The van der Waals surface area contributed by atoms with Crippen molar-refractivity contribution in [2.45, 2.75) is 0 Å². The van der Waals surface area contributed by atoms with E-state index in [-0.39, 0.29) is 0 Å². The van der Waals surface area contributed by atoms with E-state index in [9.17, 15) is 0 Å². The zero-order chi connectivity index (χ0) is 19.8. The molecular weight excluding hydrogens is 397 g/mol. The van der Waals surface area contributed by atoms with E-state index in [1.54, 1.807) is 0 Å². The highest BCUT2D eigenvalue weighted by Crippen LogP contribution is 2.44. The van der Waals surface area contributed by atoms with Gasteiger partial charge in [-0.1, -0.05) is 89.9 Å². The van der Waals surface area contributed by atoms with Gasteiger partial charge < -0.3 is 4.90 Å². The SMILES string of the molecule is Clc1cccc(Cl)c1N(c1ccc2ccccc2c1)c1ccc2ccccc2c1. The molecule has 0 N–H and O–H groups in total. The van der Waals surface area contributed by atoms with Crippen LogP contribution in [0.5, 0.6) is 0 Å². The Hall–Kier alpha value is -3.00. The van der Waals surface area contributed by atoms with Crippen LogP contribution in [0.15, 0.2) is 103 Å². The lowest BCUT2D eigenvalue weighted by Crippen LogP contribution is -2.11. The first-order chi connectivity index (χ1) is 14.2. The Kier molecular flexibility index (Phi) is 4.63. The Balaban J connectivity index is 1.78. The number of hydrogen-bond acceptors (Lipinski definition) is 1. The molecule has 3 heteroatoms. The summed E-state index contributed by atoms with van der Waals surface area (Å²) in [5.74, 6) is 0. The summed E-state index contributed by atoms with van der Waals surface area (Å²) in [6.45, 7) is 0. The number of fused-ring (bicyclic) bond motifs is 2. The maximum atomic E-state index is 6.63. The number of hydrogen-bond donors (Lipinski definition) is 0. The van der Waals surface area contributed by atoms with Gasteiger partial charge in [0.05, 0.1) is 15.7 Å². The van der Waals surface area contributed by atoms with E-state index >= 15 is 0 Å². The predicted molar refractivity (Wildman–Crippen MR) is 126 cm³/mol. The van der Waals surface area contributed by atoms with Crippen molar-refractivity contribution in [1.82, 2.24) is 0 Å². The van der Waals surface area contributed by atoms with Gasteiger partial charge in [0.15, 0.2) is 0 Å². The Labute approximate surface area is 179 Å². The van der Waals surface area contributed by atoms with Crippen molar-refractivity contribution in [3.63, 3.8) is 0 Å². The zero-order valence-electron chi connectivity index (χ0n) is 15.5. The van der Waals surface area contributed by atoms with Crippen molar-refractivity contribution >= 4 is 61.8 Å². The smallest absolute Gasteiger partial charge is 0.0835 e. The number of anilines is 3. The summed E-state index contributed by atoms with van der Waals surface area (Å²) in [6, 6.07) is 35.1. The molecule has 140 valence electrons. The van der Waals surface area contributed by atoms with Gasteiger partial charge in [0.1, 0.15) is 0 Å². The van der Waals surface area contributed by atoms with E-state index in [1.165, 1.54) is 21.5 Å². The molecule has 0 unspecified atom stereocenters.